The van der Waals surface area contributed by atoms with Crippen LogP contribution in [0.25, 0.3) is 0 Å². The molecule has 0 saturated heterocycles. The summed E-state index contributed by atoms with van der Waals surface area (Å²) in [5, 5.41) is 13.5. The van der Waals surface area contributed by atoms with Gasteiger partial charge < -0.3 is 15.3 Å². The predicted molar refractivity (Wildman–Crippen MR) is 82.5 cm³/mol. The minimum atomic E-state index is -0.596. The van der Waals surface area contributed by atoms with Gasteiger partial charge in [0, 0.05) is 19.6 Å². The summed E-state index contributed by atoms with van der Waals surface area (Å²) >= 11 is 0. The molecule has 0 amide bonds. The molecule has 0 radical (unpaired) electrons. The van der Waals surface area contributed by atoms with Gasteiger partial charge in [-0.25, -0.2) is 0 Å². The van der Waals surface area contributed by atoms with Gasteiger partial charge in [-0.1, -0.05) is 32.6 Å². The standard InChI is InChI=1S/C16H34N2O/c1-5-18(13-15(2,3)19)14-16(12-17-4)10-8-6-7-9-11-16/h17,19H,5-14H2,1-4H3. The zero-order valence-electron chi connectivity index (χ0n) is 13.5. The van der Waals surface area contributed by atoms with Gasteiger partial charge in [-0.05, 0) is 45.7 Å². The van der Waals surface area contributed by atoms with Crippen molar-refractivity contribution in [2.45, 2.75) is 64.9 Å². The van der Waals surface area contributed by atoms with E-state index in [4.69, 9.17) is 0 Å². The van der Waals surface area contributed by atoms with Crippen molar-refractivity contribution in [3.63, 3.8) is 0 Å². The first-order valence-corrected chi connectivity index (χ1v) is 8.00. The number of hydrogen-bond acceptors (Lipinski definition) is 3. The van der Waals surface area contributed by atoms with E-state index >= 15 is 0 Å². The van der Waals surface area contributed by atoms with Crippen LogP contribution in [0.4, 0.5) is 0 Å². The summed E-state index contributed by atoms with van der Waals surface area (Å²) in [5.74, 6) is 0. The summed E-state index contributed by atoms with van der Waals surface area (Å²) < 4.78 is 0. The second-order valence-corrected chi connectivity index (χ2v) is 7.06. The Bertz CT molecular complexity index is 240. The first-order valence-electron chi connectivity index (χ1n) is 8.00. The molecule has 0 heterocycles. The molecule has 1 saturated carbocycles. The number of nitrogens with zero attached hydrogens (tertiary/aromatic N) is 1. The molecule has 0 aromatic rings. The predicted octanol–water partition coefficient (Wildman–Crippen LogP) is 2.64. The van der Waals surface area contributed by atoms with E-state index in [1.807, 2.05) is 13.8 Å². The fraction of sp³-hybridized carbons (Fsp3) is 1.00. The lowest BCUT2D eigenvalue weighted by molar-refractivity contribution is 0.0190. The van der Waals surface area contributed by atoms with Crippen molar-refractivity contribution in [3.8, 4) is 0 Å². The Morgan fingerprint density at radius 1 is 1.16 bits per heavy atom. The zero-order chi connectivity index (χ0) is 14.4. The fourth-order valence-corrected chi connectivity index (χ4v) is 3.55. The molecule has 0 atom stereocenters. The van der Waals surface area contributed by atoms with Gasteiger partial charge in [-0.2, -0.15) is 0 Å². The summed E-state index contributed by atoms with van der Waals surface area (Å²) in [7, 11) is 2.07. The van der Waals surface area contributed by atoms with Gasteiger partial charge in [0.25, 0.3) is 0 Å². The van der Waals surface area contributed by atoms with Crippen LogP contribution < -0.4 is 5.32 Å². The van der Waals surface area contributed by atoms with E-state index in [0.717, 1.165) is 26.2 Å². The van der Waals surface area contributed by atoms with Crippen LogP contribution in [-0.2, 0) is 0 Å². The SMILES string of the molecule is CCN(CC(C)(C)O)CC1(CNC)CCCCCC1. The van der Waals surface area contributed by atoms with Gasteiger partial charge >= 0.3 is 0 Å². The molecule has 0 aromatic carbocycles. The van der Waals surface area contributed by atoms with Gasteiger partial charge in [0.05, 0.1) is 5.60 Å². The highest BCUT2D eigenvalue weighted by Gasteiger charge is 2.33. The highest BCUT2D eigenvalue weighted by atomic mass is 16.3. The van der Waals surface area contributed by atoms with Gasteiger partial charge in [0.2, 0.25) is 0 Å². The van der Waals surface area contributed by atoms with Crippen LogP contribution in [0, 0.1) is 5.41 Å². The topological polar surface area (TPSA) is 35.5 Å². The molecule has 1 fully saturated rings. The van der Waals surface area contributed by atoms with Crippen molar-refractivity contribution in [1.29, 1.82) is 0 Å². The molecule has 19 heavy (non-hydrogen) atoms. The van der Waals surface area contributed by atoms with E-state index in [1.165, 1.54) is 38.5 Å². The van der Waals surface area contributed by atoms with Gasteiger partial charge in [0.15, 0.2) is 0 Å². The van der Waals surface area contributed by atoms with Crippen LogP contribution in [-0.4, -0.2) is 48.8 Å². The smallest absolute Gasteiger partial charge is 0.0718 e. The highest BCUT2D eigenvalue weighted by molar-refractivity contribution is 4.87. The molecule has 3 heteroatoms. The summed E-state index contributed by atoms with van der Waals surface area (Å²) in [4.78, 5) is 2.43. The Morgan fingerprint density at radius 2 is 1.74 bits per heavy atom. The third-order valence-electron chi connectivity index (χ3n) is 4.33. The summed E-state index contributed by atoms with van der Waals surface area (Å²) in [5.41, 5.74) is -0.186. The van der Waals surface area contributed by atoms with Crippen molar-refractivity contribution in [2.75, 3.05) is 33.2 Å². The maximum absolute atomic E-state index is 10.1. The molecule has 0 aliphatic heterocycles. The van der Waals surface area contributed by atoms with Gasteiger partial charge in [-0.15, -0.1) is 0 Å². The van der Waals surface area contributed by atoms with E-state index in [-0.39, 0.29) is 0 Å². The second kappa shape index (κ2) is 7.61. The molecule has 1 aliphatic rings. The maximum atomic E-state index is 10.1. The lowest BCUT2D eigenvalue weighted by Gasteiger charge is -2.39. The maximum Gasteiger partial charge on any atom is 0.0718 e. The Labute approximate surface area is 119 Å². The number of nitrogens with one attached hydrogen (secondary N) is 1. The molecule has 1 rings (SSSR count). The molecule has 0 spiro atoms. The number of aliphatic hydroxyl groups is 1. The third-order valence-corrected chi connectivity index (χ3v) is 4.33. The third kappa shape index (κ3) is 6.24. The lowest BCUT2D eigenvalue weighted by atomic mass is 9.79. The van der Waals surface area contributed by atoms with Crippen molar-refractivity contribution in [1.82, 2.24) is 10.2 Å². The molecular formula is C16H34N2O. The number of likely N-dealkylation sites (N-methyl/N-ethyl adjacent to an activating group) is 1. The van der Waals surface area contributed by atoms with Crippen molar-refractivity contribution >= 4 is 0 Å². The molecule has 3 nitrogen and oxygen atoms in total. The van der Waals surface area contributed by atoms with Crippen molar-refractivity contribution in [2.24, 2.45) is 5.41 Å². The highest BCUT2D eigenvalue weighted by Crippen LogP contribution is 2.35. The fourth-order valence-electron chi connectivity index (χ4n) is 3.55. The van der Waals surface area contributed by atoms with E-state index < -0.39 is 5.60 Å². The van der Waals surface area contributed by atoms with Crippen LogP contribution in [0.2, 0.25) is 0 Å². The minimum absolute atomic E-state index is 0.409. The first kappa shape index (κ1) is 16.9. The Balaban J connectivity index is 2.68. The van der Waals surface area contributed by atoms with Gasteiger partial charge in [0.1, 0.15) is 0 Å². The van der Waals surface area contributed by atoms with Crippen molar-refractivity contribution < 1.29 is 5.11 Å². The monoisotopic (exact) mass is 270 g/mol. The lowest BCUT2D eigenvalue weighted by Crippen LogP contribution is -2.47. The average molecular weight is 270 g/mol. The number of hydrogen-bond donors (Lipinski definition) is 2. The molecule has 0 aromatic heterocycles. The van der Waals surface area contributed by atoms with Crippen LogP contribution in [0.3, 0.4) is 0 Å². The summed E-state index contributed by atoms with van der Waals surface area (Å²) in [6.07, 6.45) is 8.17. The van der Waals surface area contributed by atoms with Crippen LogP contribution in [0.1, 0.15) is 59.3 Å². The molecule has 0 bridgehead atoms. The molecule has 1 aliphatic carbocycles. The van der Waals surface area contributed by atoms with E-state index in [9.17, 15) is 5.11 Å². The number of rotatable bonds is 7. The average Bonchev–Trinajstić information content (AvgIpc) is 2.53. The van der Waals surface area contributed by atoms with E-state index in [2.05, 4.69) is 24.2 Å². The van der Waals surface area contributed by atoms with E-state index in [0.29, 0.717) is 5.41 Å². The molecular weight excluding hydrogens is 236 g/mol. The molecule has 114 valence electrons. The largest absolute Gasteiger partial charge is 0.389 e. The Morgan fingerprint density at radius 3 is 2.16 bits per heavy atom. The first-order chi connectivity index (χ1) is 8.91. The summed E-state index contributed by atoms with van der Waals surface area (Å²) in [6, 6.07) is 0. The minimum Gasteiger partial charge on any atom is -0.389 e. The van der Waals surface area contributed by atoms with Crippen LogP contribution >= 0.6 is 0 Å². The Kier molecular flexibility index (Phi) is 6.78. The van der Waals surface area contributed by atoms with E-state index in [1.54, 1.807) is 0 Å². The zero-order valence-corrected chi connectivity index (χ0v) is 13.5. The van der Waals surface area contributed by atoms with Crippen LogP contribution in [0.5, 0.6) is 0 Å². The summed E-state index contributed by atoms with van der Waals surface area (Å²) in [6.45, 7) is 10.0. The molecule has 0 unspecified atom stereocenters. The Hall–Kier alpha value is -0.120. The van der Waals surface area contributed by atoms with Gasteiger partial charge in [-0.3, -0.25) is 0 Å². The second-order valence-electron chi connectivity index (χ2n) is 7.06. The normalized spacial score (nSPS) is 20.5. The molecule has 2 N–H and O–H groups in total. The van der Waals surface area contributed by atoms with Crippen LogP contribution in [0.15, 0.2) is 0 Å². The van der Waals surface area contributed by atoms with Crippen molar-refractivity contribution in [3.05, 3.63) is 0 Å². The quantitative estimate of drug-likeness (QED) is 0.698.